The first kappa shape index (κ1) is 15.8. The molecule has 19 heavy (non-hydrogen) atoms. The molecule has 0 aliphatic carbocycles. The van der Waals surface area contributed by atoms with Crippen molar-refractivity contribution in [3.05, 3.63) is 40.9 Å². The molecule has 1 aromatic carbocycles. The zero-order chi connectivity index (χ0) is 12.8. The SMILES string of the molecule is Cc1ccccc1OCCNCc1cnc(N)s1.Cl. The van der Waals surface area contributed by atoms with Crippen LogP contribution in [0.3, 0.4) is 0 Å². The summed E-state index contributed by atoms with van der Waals surface area (Å²) in [4.78, 5) is 5.14. The van der Waals surface area contributed by atoms with Gasteiger partial charge in [0.25, 0.3) is 0 Å². The van der Waals surface area contributed by atoms with E-state index in [1.165, 1.54) is 11.3 Å². The predicted molar refractivity (Wildman–Crippen MR) is 82.2 cm³/mol. The van der Waals surface area contributed by atoms with Gasteiger partial charge in [0.1, 0.15) is 12.4 Å². The topological polar surface area (TPSA) is 60.2 Å². The van der Waals surface area contributed by atoms with Gasteiger partial charge in [-0.05, 0) is 18.6 Å². The predicted octanol–water partition coefficient (Wildman–Crippen LogP) is 2.62. The summed E-state index contributed by atoms with van der Waals surface area (Å²) in [6, 6.07) is 8.02. The largest absolute Gasteiger partial charge is 0.492 e. The Labute approximate surface area is 123 Å². The van der Waals surface area contributed by atoms with Crippen LogP contribution in [0.2, 0.25) is 0 Å². The highest BCUT2D eigenvalue weighted by Crippen LogP contribution is 2.16. The Balaban J connectivity index is 0.00000180. The molecule has 0 amide bonds. The molecule has 3 N–H and O–H groups in total. The van der Waals surface area contributed by atoms with Crippen LogP contribution in [-0.4, -0.2) is 18.1 Å². The van der Waals surface area contributed by atoms with Crippen LogP contribution in [0.25, 0.3) is 0 Å². The number of aromatic nitrogens is 1. The van der Waals surface area contributed by atoms with E-state index in [-0.39, 0.29) is 12.4 Å². The highest BCUT2D eigenvalue weighted by molar-refractivity contribution is 7.15. The van der Waals surface area contributed by atoms with Gasteiger partial charge in [0.2, 0.25) is 0 Å². The Morgan fingerprint density at radius 2 is 2.16 bits per heavy atom. The summed E-state index contributed by atoms with van der Waals surface area (Å²) in [5.74, 6) is 0.946. The van der Waals surface area contributed by atoms with Gasteiger partial charge >= 0.3 is 0 Å². The number of para-hydroxylation sites is 1. The molecule has 0 fully saturated rings. The van der Waals surface area contributed by atoms with Crippen molar-refractivity contribution >= 4 is 28.9 Å². The standard InChI is InChI=1S/C13H17N3OS.ClH/c1-10-4-2-3-5-12(10)17-7-6-15-8-11-9-16-13(14)18-11;/h2-5,9,15H,6-8H2,1H3,(H2,14,16);1H. The van der Waals surface area contributed by atoms with E-state index in [4.69, 9.17) is 10.5 Å². The van der Waals surface area contributed by atoms with Crippen molar-refractivity contribution in [3.63, 3.8) is 0 Å². The van der Waals surface area contributed by atoms with Gasteiger partial charge < -0.3 is 15.8 Å². The lowest BCUT2D eigenvalue weighted by atomic mass is 10.2. The fraction of sp³-hybridized carbons (Fsp3) is 0.308. The molecule has 0 radical (unpaired) electrons. The number of nitrogens with zero attached hydrogens (tertiary/aromatic N) is 1. The number of anilines is 1. The van der Waals surface area contributed by atoms with E-state index in [1.807, 2.05) is 31.2 Å². The third-order valence-corrected chi connectivity index (χ3v) is 3.33. The van der Waals surface area contributed by atoms with Crippen LogP contribution in [0.1, 0.15) is 10.4 Å². The van der Waals surface area contributed by atoms with Crippen molar-refractivity contribution in [3.8, 4) is 5.75 Å². The molecule has 0 bridgehead atoms. The fourth-order valence-corrected chi connectivity index (χ4v) is 2.22. The number of hydrogen-bond donors (Lipinski definition) is 2. The molecule has 0 saturated carbocycles. The smallest absolute Gasteiger partial charge is 0.180 e. The Morgan fingerprint density at radius 3 is 2.84 bits per heavy atom. The molecule has 2 rings (SSSR count). The molecule has 4 nitrogen and oxygen atoms in total. The summed E-state index contributed by atoms with van der Waals surface area (Å²) in [5, 5.41) is 3.91. The van der Waals surface area contributed by atoms with E-state index in [1.54, 1.807) is 6.20 Å². The van der Waals surface area contributed by atoms with Gasteiger partial charge in [0, 0.05) is 24.2 Å². The lowest BCUT2D eigenvalue weighted by Gasteiger charge is -2.08. The first-order valence-corrected chi connectivity index (χ1v) is 6.66. The summed E-state index contributed by atoms with van der Waals surface area (Å²) in [7, 11) is 0. The number of nitrogen functional groups attached to an aromatic ring is 1. The zero-order valence-corrected chi connectivity index (χ0v) is 12.4. The van der Waals surface area contributed by atoms with Crippen molar-refractivity contribution in [2.75, 3.05) is 18.9 Å². The van der Waals surface area contributed by atoms with Gasteiger partial charge in [-0.25, -0.2) is 4.98 Å². The van der Waals surface area contributed by atoms with Gasteiger partial charge in [-0.2, -0.15) is 0 Å². The Hall–Kier alpha value is -1.30. The number of nitrogens with two attached hydrogens (primary N) is 1. The maximum atomic E-state index is 5.68. The quantitative estimate of drug-likeness (QED) is 0.805. The molecule has 0 aliphatic rings. The summed E-state index contributed by atoms with van der Waals surface area (Å²) < 4.78 is 5.68. The van der Waals surface area contributed by atoms with Crippen molar-refractivity contribution in [2.24, 2.45) is 0 Å². The maximum Gasteiger partial charge on any atom is 0.180 e. The summed E-state index contributed by atoms with van der Waals surface area (Å²) in [6.07, 6.45) is 1.80. The molecule has 1 heterocycles. The average molecular weight is 300 g/mol. The van der Waals surface area contributed by atoms with Gasteiger partial charge in [-0.1, -0.05) is 18.2 Å². The van der Waals surface area contributed by atoms with Crippen LogP contribution >= 0.6 is 23.7 Å². The minimum Gasteiger partial charge on any atom is -0.492 e. The van der Waals surface area contributed by atoms with Crippen molar-refractivity contribution in [1.82, 2.24) is 10.3 Å². The first-order valence-electron chi connectivity index (χ1n) is 5.85. The zero-order valence-electron chi connectivity index (χ0n) is 10.8. The Morgan fingerprint density at radius 1 is 1.37 bits per heavy atom. The second-order valence-electron chi connectivity index (χ2n) is 3.96. The highest BCUT2D eigenvalue weighted by atomic mass is 35.5. The van der Waals surface area contributed by atoms with Crippen LogP contribution < -0.4 is 15.8 Å². The molecular weight excluding hydrogens is 282 g/mol. The average Bonchev–Trinajstić information content (AvgIpc) is 2.77. The highest BCUT2D eigenvalue weighted by Gasteiger charge is 1.99. The minimum absolute atomic E-state index is 0. The lowest BCUT2D eigenvalue weighted by Crippen LogP contribution is -2.20. The first-order chi connectivity index (χ1) is 8.75. The van der Waals surface area contributed by atoms with Crippen molar-refractivity contribution in [2.45, 2.75) is 13.5 Å². The van der Waals surface area contributed by atoms with Crippen LogP contribution in [0, 0.1) is 6.92 Å². The number of aryl methyl sites for hydroxylation is 1. The number of halogens is 1. The summed E-state index contributed by atoms with van der Waals surface area (Å²) in [6.45, 7) is 4.28. The second kappa shape index (κ2) is 7.99. The van der Waals surface area contributed by atoms with Gasteiger partial charge in [0.15, 0.2) is 5.13 Å². The molecule has 0 unspecified atom stereocenters. The maximum absolute atomic E-state index is 5.68. The van der Waals surface area contributed by atoms with E-state index in [9.17, 15) is 0 Å². The van der Waals surface area contributed by atoms with Crippen LogP contribution in [0.4, 0.5) is 5.13 Å². The van der Waals surface area contributed by atoms with Gasteiger partial charge in [-0.15, -0.1) is 23.7 Å². The summed E-state index contributed by atoms with van der Waals surface area (Å²) >= 11 is 1.51. The summed E-state index contributed by atoms with van der Waals surface area (Å²) in [5.41, 5.74) is 6.72. The third-order valence-electron chi connectivity index (χ3n) is 2.50. The van der Waals surface area contributed by atoms with E-state index in [0.29, 0.717) is 11.7 Å². The van der Waals surface area contributed by atoms with Crippen molar-refractivity contribution < 1.29 is 4.74 Å². The monoisotopic (exact) mass is 299 g/mol. The normalized spacial score (nSPS) is 9.95. The van der Waals surface area contributed by atoms with E-state index >= 15 is 0 Å². The van der Waals surface area contributed by atoms with Crippen LogP contribution in [0.15, 0.2) is 30.5 Å². The molecule has 6 heteroatoms. The number of hydrogen-bond acceptors (Lipinski definition) is 5. The number of thiazole rings is 1. The van der Waals surface area contributed by atoms with Gasteiger partial charge in [0.05, 0.1) is 0 Å². The lowest BCUT2D eigenvalue weighted by molar-refractivity contribution is 0.312. The Kier molecular flexibility index (Phi) is 6.62. The van der Waals surface area contributed by atoms with Crippen LogP contribution in [0.5, 0.6) is 5.75 Å². The Bertz CT molecular complexity index is 504. The number of benzene rings is 1. The second-order valence-corrected chi connectivity index (χ2v) is 5.10. The molecule has 0 spiro atoms. The molecule has 0 saturated heterocycles. The minimum atomic E-state index is 0. The molecular formula is C13H18ClN3OS. The van der Waals surface area contributed by atoms with Crippen molar-refractivity contribution in [1.29, 1.82) is 0 Å². The van der Waals surface area contributed by atoms with Gasteiger partial charge in [-0.3, -0.25) is 0 Å². The molecule has 0 aliphatic heterocycles. The molecule has 2 aromatic rings. The number of ether oxygens (including phenoxy) is 1. The van der Waals surface area contributed by atoms with Crippen LogP contribution in [-0.2, 0) is 6.54 Å². The number of rotatable bonds is 6. The third kappa shape index (κ3) is 5.06. The molecule has 0 atom stereocenters. The van der Waals surface area contributed by atoms with E-state index in [2.05, 4.69) is 10.3 Å². The van der Waals surface area contributed by atoms with E-state index in [0.717, 1.165) is 29.3 Å². The molecule has 104 valence electrons. The number of nitrogens with one attached hydrogen (secondary N) is 1. The van der Waals surface area contributed by atoms with E-state index < -0.39 is 0 Å². The fourth-order valence-electron chi connectivity index (χ4n) is 1.57. The molecule has 1 aromatic heterocycles.